The molecule has 3 rings (SSSR count). The van der Waals surface area contributed by atoms with Crippen LogP contribution in [0.2, 0.25) is 0 Å². The van der Waals surface area contributed by atoms with Crippen molar-refractivity contribution >= 4 is 11.8 Å². The van der Waals surface area contributed by atoms with E-state index in [4.69, 9.17) is 4.74 Å². The number of esters is 1. The van der Waals surface area contributed by atoms with Crippen molar-refractivity contribution in [2.45, 2.75) is 31.3 Å². The molecule has 0 radical (unpaired) electrons. The number of pyridine rings is 1. The molecule has 0 bridgehead atoms. The van der Waals surface area contributed by atoms with Gasteiger partial charge in [-0.05, 0) is 37.9 Å². The number of hydrogen-bond acceptors (Lipinski definition) is 5. The number of carbonyl (C=O) groups excluding carboxylic acids is 1. The molecule has 19 heavy (non-hydrogen) atoms. The lowest BCUT2D eigenvalue weighted by molar-refractivity contribution is 0.0601. The van der Waals surface area contributed by atoms with E-state index in [1.807, 2.05) is 0 Å². The van der Waals surface area contributed by atoms with E-state index in [0.29, 0.717) is 23.5 Å². The molecule has 0 amide bonds. The summed E-state index contributed by atoms with van der Waals surface area (Å²) < 4.78 is 4.80. The fourth-order valence-corrected chi connectivity index (χ4v) is 3.22. The summed E-state index contributed by atoms with van der Waals surface area (Å²) in [6.45, 7) is 2.34. The molecule has 5 heteroatoms. The van der Waals surface area contributed by atoms with Crippen LogP contribution in [0.1, 0.15) is 29.6 Å². The molecule has 2 atom stereocenters. The minimum Gasteiger partial charge on any atom is -0.465 e. The van der Waals surface area contributed by atoms with Gasteiger partial charge in [0.25, 0.3) is 0 Å². The van der Waals surface area contributed by atoms with Gasteiger partial charge in [-0.1, -0.05) is 0 Å². The molecule has 1 aromatic rings. The molecule has 0 spiro atoms. The van der Waals surface area contributed by atoms with Crippen LogP contribution in [0.25, 0.3) is 0 Å². The zero-order valence-electron chi connectivity index (χ0n) is 11.1. The average Bonchev–Trinajstić information content (AvgIpc) is 3.03. The van der Waals surface area contributed by atoms with Gasteiger partial charge in [0.2, 0.25) is 0 Å². The Hall–Kier alpha value is -1.62. The Labute approximate surface area is 113 Å². The number of carbonyl (C=O) groups is 1. The van der Waals surface area contributed by atoms with Crippen molar-refractivity contribution in [1.29, 1.82) is 0 Å². The van der Waals surface area contributed by atoms with Crippen LogP contribution in [-0.4, -0.2) is 48.1 Å². The molecular weight excluding hydrogens is 242 g/mol. The van der Waals surface area contributed by atoms with Gasteiger partial charge < -0.3 is 10.1 Å². The molecule has 1 N–H and O–H groups in total. The summed E-state index contributed by atoms with van der Waals surface area (Å²) in [5.74, 6) is 0.310. The first-order valence-electron chi connectivity index (χ1n) is 6.83. The van der Waals surface area contributed by atoms with E-state index in [0.717, 1.165) is 13.0 Å². The first kappa shape index (κ1) is 12.4. The molecule has 5 nitrogen and oxygen atoms in total. The maximum Gasteiger partial charge on any atom is 0.341 e. The number of anilines is 1. The van der Waals surface area contributed by atoms with Crippen LogP contribution in [0.4, 0.5) is 5.82 Å². The van der Waals surface area contributed by atoms with Crippen molar-refractivity contribution in [3.63, 3.8) is 0 Å². The highest BCUT2D eigenvalue weighted by Gasteiger charge is 2.37. The third kappa shape index (κ3) is 2.30. The maximum absolute atomic E-state index is 11.7. The molecule has 0 saturated carbocycles. The highest BCUT2D eigenvalue weighted by atomic mass is 16.5. The maximum atomic E-state index is 11.7. The number of nitrogens with zero attached hydrogens (tertiary/aromatic N) is 2. The van der Waals surface area contributed by atoms with Crippen LogP contribution in [0, 0.1) is 0 Å². The standard InChI is InChI=1S/C14H19N3O2/c1-19-14(18)10-4-2-7-15-13(10)16-11-6-9-17-8-3-5-12(11)17/h2,4,7,11-12H,3,5-6,8-9H2,1H3,(H,15,16). The summed E-state index contributed by atoms with van der Waals surface area (Å²) in [6.07, 6.45) is 5.32. The molecule has 2 unspecified atom stereocenters. The van der Waals surface area contributed by atoms with E-state index in [9.17, 15) is 4.79 Å². The average molecular weight is 261 g/mol. The lowest BCUT2D eigenvalue weighted by Crippen LogP contribution is -2.34. The van der Waals surface area contributed by atoms with E-state index < -0.39 is 0 Å². The first-order chi connectivity index (χ1) is 9.29. The molecule has 3 heterocycles. The van der Waals surface area contributed by atoms with Gasteiger partial charge in [-0.15, -0.1) is 0 Å². The number of methoxy groups -OCH3 is 1. The number of aromatic nitrogens is 1. The lowest BCUT2D eigenvalue weighted by Gasteiger charge is -2.22. The van der Waals surface area contributed by atoms with Gasteiger partial charge in [0.05, 0.1) is 7.11 Å². The second-order valence-electron chi connectivity index (χ2n) is 5.18. The predicted molar refractivity (Wildman–Crippen MR) is 72.2 cm³/mol. The van der Waals surface area contributed by atoms with E-state index >= 15 is 0 Å². The zero-order valence-corrected chi connectivity index (χ0v) is 11.1. The van der Waals surface area contributed by atoms with Crippen molar-refractivity contribution in [2.75, 3.05) is 25.5 Å². The topological polar surface area (TPSA) is 54.5 Å². The number of hydrogen-bond donors (Lipinski definition) is 1. The van der Waals surface area contributed by atoms with Gasteiger partial charge in [-0.2, -0.15) is 0 Å². The third-order valence-corrected chi connectivity index (χ3v) is 4.14. The predicted octanol–water partition coefficient (Wildman–Crippen LogP) is 1.52. The summed E-state index contributed by atoms with van der Waals surface area (Å²) in [7, 11) is 1.40. The summed E-state index contributed by atoms with van der Waals surface area (Å²) in [4.78, 5) is 18.5. The Morgan fingerprint density at radius 3 is 3.21 bits per heavy atom. The Kier molecular flexibility index (Phi) is 3.38. The third-order valence-electron chi connectivity index (χ3n) is 4.14. The monoisotopic (exact) mass is 261 g/mol. The van der Waals surface area contributed by atoms with Crippen molar-refractivity contribution in [3.05, 3.63) is 23.9 Å². The van der Waals surface area contributed by atoms with Gasteiger partial charge in [-0.3, -0.25) is 4.90 Å². The van der Waals surface area contributed by atoms with Crippen LogP contribution in [0.15, 0.2) is 18.3 Å². The number of fused-ring (bicyclic) bond motifs is 1. The fourth-order valence-electron chi connectivity index (χ4n) is 3.22. The second kappa shape index (κ2) is 5.17. The second-order valence-corrected chi connectivity index (χ2v) is 5.18. The highest BCUT2D eigenvalue weighted by molar-refractivity contribution is 5.94. The minimum atomic E-state index is -0.336. The van der Waals surface area contributed by atoms with Crippen LogP contribution in [0.5, 0.6) is 0 Å². The minimum absolute atomic E-state index is 0.336. The van der Waals surface area contributed by atoms with Crippen molar-refractivity contribution < 1.29 is 9.53 Å². The first-order valence-corrected chi connectivity index (χ1v) is 6.83. The van der Waals surface area contributed by atoms with E-state index in [-0.39, 0.29) is 5.97 Å². The number of ether oxygens (including phenoxy) is 1. The largest absolute Gasteiger partial charge is 0.465 e. The van der Waals surface area contributed by atoms with E-state index in [1.165, 1.54) is 26.5 Å². The number of nitrogens with one attached hydrogen (secondary N) is 1. The van der Waals surface area contributed by atoms with Gasteiger partial charge in [0.15, 0.2) is 0 Å². The van der Waals surface area contributed by atoms with Crippen molar-refractivity contribution in [3.8, 4) is 0 Å². The molecule has 1 aromatic heterocycles. The summed E-state index contributed by atoms with van der Waals surface area (Å²) in [6, 6.07) is 4.49. The van der Waals surface area contributed by atoms with E-state index in [1.54, 1.807) is 18.3 Å². The zero-order chi connectivity index (χ0) is 13.2. The summed E-state index contributed by atoms with van der Waals surface area (Å²) in [5.41, 5.74) is 0.515. The van der Waals surface area contributed by atoms with Crippen LogP contribution in [0.3, 0.4) is 0 Å². The molecule has 2 fully saturated rings. The quantitative estimate of drug-likeness (QED) is 0.836. The number of rotatable bonds is 3. The van der Waals surface area contributed by atoms with Crippen LogP contribution < -0.4 is 5.32 Å². The summed E-state index contributed by atoms with van der Waals surface area (Å²) >= 11 is 0. The molecule has 2 aliphatic rings. The van der Waals surface area contributed by atoms with Gasteiger partial charge in [-0.25, -0.2) is 9.78 Å². The van der Waals surface area contributed by atoms with Gasteiger partial charge in [0, 0.05) is 24.8 Å². The Morgan fingerprint density at radius 1 is 1.47 bits per heavy atom. The highest BCUT2D eigenvalue weighted by Crippen LogP contribution is 2.30. The van der Waals surface area contributed by atoms with Crippen LogP contribution in [-0.2, 0) is 4.74 Å². The van der Waals surface area contributed by atoms with Crippen LogP contribution >= 0.6 is 0 Å². The summed E-state index contributed by atoms with van der Waals surface area (Å²) in [5, 5.41) is 3.44. The molecule has 2 aliphatic heterocycles. The molecular formula is C14H19N3O2. The Bertz CT molecular complexity index is 478. The van der Waals surface area contributed by atoms with Gasteiger partial charge in [0.1, 0.15) is 11.4 Å². The fraction of sp³-hybridized carbons (Fsp3) is 0.571. The SMILES string of the molecule is COC(=O)c1cccnc1NC1CCN2CCCC12. The normalized spacial score (nSPS) is 26.2. The smallest absolute Gasteiger partial charge is 0.341 e. The van der Waals surface area contributed by atoms with Gasteiger partial charge >= 0.3 is 5.97 Å². The lowest BCUT2D eigenvalue weighted by atomic mass is 10.1. The Balaban J connectivity index is 1.78. The molecule has 0 aromatic carbocycles. The van der Waals surface area contributed by atoms with E-state index in [2.05, 4.69) is 15.2 Å². The molecule has 102 valence electrons. The molecule has 2 saturated heterocycles. The Morgan fingerprint density at radius 2 is 2.37 bits per heavy atom. The van der Waals surface area contributed by atoms with Crippen molar-refractivity contribution in [2.24, 2.45) is 0 Å². The molecule has 0 aliphatic carbocycles. The van der Waals surface area contributed by atoms with Crippen molar-refractivity contribution in [1.82, 2.24) is 9.88 Å².